The number of H-pyrrole nitrogens is 1. The predicted molar refractivity (Wildman–Crippen MR) is 75.4 cm³/mol. The number of hydrogen-bond donors (Lipinski definition) is 1. The third-order valence-corrected chi connectivity index (χ3v) is 3.47. The van der Waals surface area contributed by atoms with E-state index in [2.05, 4.69) is 22.6 Å². The molecular weight excluding hydrogens is 256 g/mol. The maximum Gasteiger partial charge on any atom is 0.358 e. The number of nitrogens with one attached hydrogen (secondary N) is 1. The molecule has 5 heteroatoms. The van der Waals surface area contributed by atoms with Gasteiger partial charge in [-0.3, -0.25) is 4.79 Å². The second-order valence-electron chi connectivity index (χ2n) is 5.05. The van der Waals surface area contributed by atoms with Crippen molar-refractivity contribution in [2.75, 3.05) is 6.61 Å². The van der Waals surface area contributed by atoms with Crippen LogP contribution in [0.2, 0.25) is 0 Å². The summed E-state index contributed by atoms with van der Waals surface area (Å²) in [6.45, 7) is 6.30. The van der Waals surface area contributed by atoms with Crippen LogP contribution in [0.15, 0.2) is 41.0 Å². The largest absolute Gasteiger partial charge is 0.456 e. The van der Waals surface area contributed by atoms with Crippen LogP contribution >= 0.6 is 0 Å². The van der Waals surface area contributed by atoms with Crippen molar-refractivity contribution in [3.8, 4) is 0 Å². The fourth-order valence-electron chi connectivity index (χ4n) is 2.15. The summed E-state index contributed by atoms with van der Waals surface area (Å²) in [7, 11) is 0. The Morgan fingerprint density at radius 1 is 1.60 bits per heavy atom. The van der Waals surface area contributed by atoms with Crippen molar-refractivity contribution in [1.29, 1.82) is 0 Å². The van der Waals surface area contributed by atoms with Crippen LogP contribution in [0.3, 0.4) is 0 Å². The smallest absolute Gasteiger partial charge is 0.358 e. The van der Waals surface area contributed by atoms with Crippen LogP contribution in [0.5, 0.6) is 0 Å². The molecule has 1 heterocycles. The molecule has 2 rings (SSSR count). The highest BCUT2D eigenvalue weighted by Gasteiger charge is 2.16. The first-order valence-corrected chi connectivity index (χ1v) is 6.61. The summed E-state index contributed by atoms with van der Waals surface area (Å²) in [4.78, 5) is 28.7. The minimum Gasteiger partial charge on any atom is -0.456 e. The van der Waals surface area contributed by atoms with Gasteiger partial charge in [0.2, 0.25) is 0 Å². The van der Waals surface area contributed by atoms with Gasteiger partial charge in [-0.05, 0) is 37.7 Å². The normalized spacial score (nSPS) is 18.2. The van der Waals surface area contributed by atoms with Gasteiger partial charge in [-0.25, -0.2) is 9.78 Å². The Morgan fingerprint density at radius 3 is 2.95 bits per heavy atom. The van der Waals surface area contributed by atoms with Crippen LogP contribution in [-0.2, 0) is 4.74 Å². The van der Waals surface area contributed by atoms with E-state index in [1.807, 2.05) is 6.92 Å². The van der Waals surface area contributed by atoms with E-state index in [0.717, 1.165) is 31.0 Å². The predicted octanol–water partition coefficient (Wildman–Crippen LogP) is 2.23. The lowest BCUT2D eigenvalue weighted by Gasteiger charge is -2.21. The Morgan fingerprint density at radius 2 is 2.40 bits per heavy atom. The molecular formula is C15H18N2O3. The maximum atomic E-state index is 11.7. The molecule has 0 fully saturated rings. The molecule has 0 amide bonds. The zero-order valence-corrected chi connectivity index (χ0v) is 11.5. The SMILES string of the molecule is C=C(C)[C@H]1CC=C(COC(=O)c2c[nH]c(=O)cn2)CC1. The van der Waals surface area contributed by atoms with Gasteiger partial charge in [0.1, 0.15) is 6.61 Å². The van der Waals surface area contributed by atoms with Gasteiger partial charge >= 0.3 is 5.97 Å². The molecule has 1 atom stereocenters. The Kier molecular flexibility index (Phi) is 4.50. The van der Waals surface area contributed by atoms with Crippen molar-refractivity contribution in [2.45, 2.75) is 26.2 Å². The lowest BCUT2D eigenvalue weighted by atomic mass is 9.86. The maximum absolute atomic E-state index is 11.7. The minimum atomic E-state index is -0.524. The number of nitrogens with zero attached hydrogens (tertiary/aromatic N) is 1. The molecule has 0 aromatic carbocycles. The van der Waals surface area contributed by atoms with Crippen molar-refractivity contribution < 1.29 is 9.53 Å². The topological polar surface area (TPSA) is 72.1 Å². The number of aromatic amines is 1. The minimum absolute atomic E-state index is 0.112. The van der Waals surface area contributed by atoms with Crippen molar-refractivity contribution >= 4 is 5.97 Å². The highest BCUT2D eigenvalue weighted by molar-refractivity contribution is 5.86. The third-order valence-electron chi connectivity index (χ3n) is 3.47. The zero-order valence-electron chi connectivity index (χ0n) is 11.5. The number of esters is 1. The van der Waals surface area contributed by atoms with Crippen molar-refractivity contribution in [3.63, 3.8) is 0 Å². The summed E-state index contributed by atoms with van der Waals surface area (Å²) in [6.07, 6.45) is 7.37. The average molecular weight is 274 g/mol. The standard InChI is InChI=1S/C15H18N2O3/c1-10(2)12-5-3-11(4-6-12)9-20-15(19)13-7-17-14(18)8-16-13/h3,7-8,12H,1,4-6,9H2,2H3,(H,17,18)/t12-/m0/s1. The summed E-state index contributed by atoms with van der Waals surface area (Å²) in [6, 6.07) is 0. The van der Waals surface area contributed by atoms with E-state index < -0.39 is 5.97 Å². The molecule has 106 valence electrons. The summed E-state index contributed by atoms with van der Waals surface area (Å²) >= 11 is 0. The number of aromatic nitrogens is 2. The lowest BCUT2D eigenvalue weighted by molar-refractivity contribution is 0.0528. The Hall–Kier alpha value is -2.17. The van der Waals surface area contributed by atoms with Gasteiger partial charge < -0.3 is 9.72 Å². The first-order valence-electron chi connectivity index (χ1n) is 6.61. The monoisotopic (exact) mass is 274 g/mol. The van der Waals surface area contributed by atoms with E-state index in [1.165, 1.54) is 11.8 Å². The van der Waals surface area contributed by atoms with Crippen molar-refractivity contribution in [2.24, 2.45) is 5.92 Å². The summed E-state index contributed by atoms with van der Waals surface area (Å²) < 4.78 is 5.19. The van der Waals surface area contributed by atoms with Gasteiger partial charge in [-0.2, -0.15) is 0 Å². The Labute approximate surface area is 117 Å². The molecule has 0 unspecified atom stereocenters. The van der Waals surface area contributed by atoms with E-state index in [9.17, 15) is 9.59 Å². The van der Waals surface area contributed by atoms with E-state index in [0.29, 0.717) is 5.92 Å². The first kappa shape index (κ1) is 14.2. The summed E-state index contributed by atoms with van der Waals surface area (Å²) in [5.41, 5.74) is 2.10. The molecule has 1 aromatic rings. The van der Waals surface area contributed by atoms with Crippen LogP contribution in [-0.4, -0.2) is 22.5 Å². The fraction of sp³-hybridized carbons (Fsp3) is 0.400. The van der Waals surface area contributed by atoms with Crippen LogP contribution < -0.4 is 5.56 Å². The number of carbonyl (C=O) groups is 1. The molecule has 1 aliphatic rings. The van der Waals surface area contributed by atoms with Crippen LogP contribution in [0.4, 0.5) is 0 Å². The highest BCUT2D eigenvalue weighted by atomic mass is 16.5. The molecule has 1 aromatic heterocycles. The molecule has 5 nitrogen and oxygen atoms in total. The molecule has 0 spiro atoms. The van der Waals surface area contributed by atoms with Gasteiger partial charge in [0.05, 0.1) is 6.20 Å². The number of carbonyl (C=O) groups excluding carboxylic acids is 1. The van der Waals surface area contributed by atoms with Crippen molar-refractivity contribution in [1.82, 2.24) is 9.97 Å². The van der Waals surface area contributed by atoms with Gasteiger partial charge in [0.15, 0.2) is 5.69 Å². The Bertz CT molecular complexity index is 581. The second-order valence-corrected chi connectivity index (χ2v) is 5.05. The van der Waals surface area contributed by atoms with Crippen molar-refractivity contribution in [3.05, 3.63) is 52.2 Å². The fourth-order valence-corrected chi connectivity index (χ4v) is 2.15. The zero-order chi connectivity index (χ0) is 14.5. The molecule has 0 saturated carbocycles. The average Bonchev–Trinajstić information content (AvgIpc) is 2.46. The van der Waals surface area contributed by atoms with Crippen LogP contribution in [0.1, 0.15) is 36.7 Å². The van der Waals surface area contributed by atoms with Gasteiger partial charge in [-0.15, -0.1) is 0 Å². The number of ether oxygens (including phenoxy) is 1. The molecule has 1 aliphatic carbocycles. The number of allylic oxidation sites excluding steroid dienone is 2. The molecule has 0 bridgehead atoms. The first-order chi connectivity index (χ1) is 9.56. The van der Waals surface area contributed by atoms with E-state index in [-0.39, 0.29) is 17.9 Å². The molecule has 0 aliphatic heterocycles. The third kappa shape index (κ3) is 3.66. The quantitative estimate of drug-likeness (QED) is 0.675. The summed E-state index contributed by atoms with van der Waals surface area (Å²) in [5, 5.41) is 0. The van der Waals surface area contributed by atoms with Crippen LogP contribution in [0.25, 0.3) is 0 Å². The van der Waals surface area contributed by atoms with Gasteiger partial charge in [0.25, 0.3) is 5.56 Å². The van der Waals surface area contributed by atoms with E-state index in [4.69, 9.17) is 4.74 Å². The highest BCUT2D eigenvalue weighted by Crippen LogP contribution is 2.28. The molecule has 0 saturated heterocycles. The lowest BCUT2D eigenvalue weighted by Crippen LogP contribution is -2.15. The van der Waals surface area contributed by atoms with E-state index in [1.54, 1.807) is 0 Å². The number of rotatable bonds is 4. The molecule has 1 N–H and O–H groups in total. The van der Waals surface area contributed by atoms with Gasteiger partial charge in [-0.1, -0.05) is 18.2 Å². The van der Waals surface area contributed by atoms with E-state index >= 15 is 0 Å². The molecule has 20 heavy (non-hydrogen) atoms. The van der Waals surface area contributed by atoms with Gasteiger partial charge in [0, 0.05) is 6.20 Å². The molecule has 0 radical (unpaired) electrons. The number of hydrogen-bond acceptors (Lipinski definition) is 4. The van der Waals surface area contributed by atoms with Crippen LogP contribution in [0, 0.1) is 5.92 Å². The summed E-state index contributed by atoms with van der Waals surface area (Å²) in [5.74, 6) is 0.0134. The second kappa shape index (κ2) is 6.32. The Balaban J connectivity index is 1.87.